The van der Waals surface area contributed by atoms with Gasteiger partial charge >= 0.3 is 143 Å². The fourth-order valence-corrected chi connectivity index (χ4v) is 5.06. The molecule has 0 aliphatic heterocycles. The van der Waals surface area contributed by atoms with Crippen LogP contribution in [0.2, 0.25) is 23.4 Å². The summed E-state index contributed by atoms with van der Waals surface area (Å²) in [6, 6.07) is 6.97. The van der Waals surface area contributed by atoms with E-state index in [2.05, 4.69) is 104 Å². The third kappa shape index (κ3) is 5.25. The zero-order chi connectivity index (χ0) is 16.1. The molecule has 1 unspecified atom stereocenters. The maximum absolute atomic E-state index is 2.54. The smallest absolute Gasteiger partial charge is 1.00 e. The van der Waals surface area contributed by atoms with Crippen molar-refractivity contribution in [3.63, 3.8) is 0 Å². The number of halogens is 3. The first-order valence-corrected chi connectivity index (χ1v) is 12.0. The van der Waals surface area contributed by atoms with E-state index in [1.807, 2.05) is 0 Å². The fourth-order valence-electron chi connectivity index (χ4n) is 2.99. The summed E-state index contributed by atoms with van der Waals surface area (Å²) in [5, 5.41) is 1.59. The monoisotopic (exact) mass is 436 g/mol. The van der Waals surface area contributed by atoms with E-state index in [0.717, 1.165) is 0 Å². The summed E-state index contributed by atoms with van der Waals surface area (Å²) in [5.41, 5.74) is 4.26. The van der Waals surface area contributed by atoms with Crippen molar-refractivity contribution in [1.29, 1.82) is 0 Å². The average Bonchev–Trinajstić information content (AvgIpc) is 2.72. The van der Waals surface area contributed by atoms with Crippen molar-refractivity contribution in [3.8, 4) is 0 Å². The Bertz CT molecular complexity index is 610. The third-order valence-electron chi connectivity index (χ3n) is 4.75. The Morgan fingerprint density at radius 1 is 0.917 bits per heavy atom. The number of allylic oxidation sites excluding steroid dienone is 4. The van der Waals surface area contributed by atoms with Gasteiger partial charge in [0.15, 0.2) is 0 Å². The summed E-state index contributed by atoms with van der Waals surface area (Å²) in [7, 11) is -1.24. The van der Waals surface area contributed by atoms with Crippen LogP contribution in [-0.2, 0) is 25.9 Å². The van der Waals surface area contributed by atoms with Crippen LogP contribution in [0.5, 0.6) is 0 Å². The molecule has 0 N–H and O–H groups in total. The summed E-state index contributed by atoms with van der Waals surface area (Å²) in [6.45, 7) is 16.5. The van der Waals surface area contributed by atoms with Gasteiger partial charge in [-0.1, -0.05) is 0 Å². The molecule has 24 heavy (non-hydrogen) atoms. The van der Waals surface area contributed by atoms with Crippen molar-refractivity contribution in [2.75, 3.05) is 0 Å². The first kappa shape index (κ1) is 26.7. The maximum Gasteiger partial charge on any atom is -1.00 e. The fraction of sp³-hybridized carbons (Fsp3) is 0.474. The second kappa shape index (κ2) is 8.93. The largest absolute Gasteiger partial charge is 1.00 e. The molecule has 0 fully saturated rings. The molecule has 1 aromatic carbocycles. The van der Waals surface area contributed by atoms with Gasteiger partial charge < -0.3 is 37.2 Å². The number of benzene rings is 1. The first-order valence-electron chi connectivity index (χ1n) is 7.72. The van der Waals surface area contributed by atoms with Gasteiger partial charge in [-0.15, -0.1) is 0 Å². The Balaban J connectivity index is 0. The van der Waals surface area contributed by atoms with Crippen molar-refractivity contribution in [3.05, 3.63) is 58.3 Å². The minimum atomic E-state index is -1.24. The molecule has 0 radical (unpaired) electrons. The molecule has 0 heterocycles. The van der Waals surface area contributed by atoms with Crippen LogP contribution in [0.15, 0.2) is 41.6 Å². The normalized spacial score (nSPS) is 19.8. The van der Waals surface area contributed by atoms with Gasteiger partial charge in [-0.2, -0.15) is 0 Å². The van der Waals surface area contributed by atoms with Gasteiger partial charge in [-0.25, -0.2) is 0 Å². The van der Waals surface area contributed by atoms with Crippen molar-refractivity contribution < 1.29 is 57.7 Å². The van der Waals surface area contributed by atoms with E-state index in [1.54, 1.807) is 5.20 Å². The van der Waals surface area contributed by atoms with Gasteiger partial charge in [0.1, 0.15) is 0 Å². The number of rotatable bonds is 3. The molecule has 0 amide bonds. The van der Waals surface area contributed by atoms with Gasteiger partial charge in [0.25, 0.3) is 0 Å². The zero-order valence-electron chi connectivity index (χ0n) is 15.6. The molecule has 0 spiro atoms. The number of hydrogen-bond donors (Lipinski definition) is 0. The Labute approximate surface area is 179 Å². The van der Waals surface area contributed by atoms with Crippen molar-refractivity contribution in [2.45, 2.75) is 56.5 Å². The molecule has 0 saturated heterocycles. The molecular weight excluding hydrogens is 411 g/mol. The molecule has 1 atom stereocenters. The Morgan fingerprint density at radius 2 is 1.38 bits per heavy atom. The summed E-state index contributed by atoms with van der Waals surface area (Å²) >= 11 is 2.38. The Kier molecular flexibility index (Phi) is 9.95. The minimum absolute atomic E-state index is 0. The predicted octanol–water partition coefficient (Wildman–Crippen LogP) is -3.33. The van der Waals surface area contributed by atoms with Gasteiger partial charge in [0.05, 0.1) is 0 Å². The van der Waals surface area contributed by atoms with E-state index in [1.165, 1.54) is 16.7 Å². The van der Waals surface area contributed by atoms with Gasteiger partial charge in [-0.05, 0) is 0 Å². The van der Waals surface area contributed by atoms with E-state index >= 15 is 0 Å². The molecule has 1 aliphatic carbocycles. The average molecular weight is 438 g/mol. The molecule has 0 nitrogen and oxygen atoms in total. The van der Waals surface area contributed by atoms with E-state index in [0.29, 0.717) is 0 Å². The Hall–Kier alpha value is 0.501. The van der Waals surface area contributed by atoms with Crippen molar-refractivity contribution in [1.82, 2.24) is 0 Å². The summed E-state index contributed by atoms with van der Waals surface area (Å²) in [4.78, 5) is 0. The molecule has 2 rings (SSSR count). The van der Waals surface area contributed by atoms with Gasteiger partial charge in [0, 0.05) is 0 Å². The van der Waals surface area contributed by atoms with E-state index < -0.39 is 8.07 Å². The van der Waals surface area contributed by atoms with Gasteiger partial charge in [0.2, 0.25) is 0 Å². The second-order valence-corrected chi connectivity index (χ2v) is 14.4. The van der Waals surface area contributed by atoms with Crippen molar-refractivity contribution >= 4 is 8.07 Å². The molecule has 0 saturated carbocycles. The second-order valence-electron chi connectivity index (χ2n) is 8.05. The zero-order valence-corrected chi connectivity index (χ0v) is 20.4. The molecule has 1 aliphatic rings. The molecular formula is C19H27Cl3SiTi. The van der Waals surface area contributed by atoms with E-state index in [9.17, 15) is 0 Å². The molecule has 1 aromatic rings. The minimum Gasteiger partial charge on any atom is -1.00 e. The van der Waals surface area contributed by atoms with Crippen molar-refractivity contribution in [2.24, 2.45) is 0 Å². The molecule has 0 bridgehead atoms. The molecule has 0 aromatic heterocycles. The predicted molar refractivity (Wildman–Crippen MR) is 92.2 cm³/mol. The number of hydrogen-bond acceptors (Lipinski definition) is 0. The van der Waals surface area contributed by atoms with Crippen LogP contribution in [0.4, 0.5) is 0 Å². The molecule has 132 valence electrons. The van der Waals surface area contributed by atoms with Crippen LogP contribution < -0.4 is 37.2 Å². The SMILES string of the molecule is Cc1cc(C)cc(C(C)(C)[C]2([Ti+3])C=CC([Si](C)(C)C)=C2)c1.[Cl-].[Cl-].[Cl-]. The van der Waals surface area contributed by atoms with Crippen LogP contribution in [0.25, 0.3) is 0 Å². The quantitative estimate of drug-likeness (QED) is 0.434. The van der Waals surface area contributed by atoms with Crippen LogP contribution in [0, 0.1) is 13.8 Å². The van der Waals surface area contributed by atoms with Gasteiger partial charge in [-0.3, -0.25) is 0 Å². The summed E-state index contributed by atoms with van der Waals surface area (Å²) in [6.07, 6.45) is 7.35. The van der Waals surface area contributed by atoms with Crippen LogP contribution in [0.3, 0.4) is 0 Å². The molecule has 5 heteroatoms. The first-order chi connectivity index (χ1) is 9.46. The van der Waals surface area contributed by atoms with E-state index in [4.69, 9.17) is 0 Å². The standard InChI is InChI=1S/C19H27Si.3ClH.Ti/c1-14-10-15(2)12-17(11-14)19(3,4)16-8-9-18(13-16)20(5,6)7;;;;/h8-13H,1-7H3;3*1H;/q;;;;+3/p-3. The van der Waals surface area contributed by atoms with Crippen LogP contribution in [-0.4, -0.2) is 8.07 Å². The third-order valence-corrected chi connectivity index (χ3v) is 8.26. The summed E-state index contributed by atoms with van der Waals surface area (Å²) < 4.78 is 0.100. The van der Waals surface area contributed by atoms with E-state index in [-0.39, 0.29) is 46.4 Å². The van der Waals surface area contributed by atoms with Crippen LogP contribution in [0.1, 0.15) is 30.5 Å². The Morgan fingerprint density at radius 3 is 1.75 bits per heavy atom. The maximum atomic E-state index is 2.54. The summed E-state index contributed by atoms with van der Waals surface area (Å²) in [5.74, 6) is 0. The van der Waals surface area contributed by atoms with Crippen LogP contribution >= 0.6 is 0 Å². The topological polar surface area (TPSA) is 0 Å². The number of aryl methyl sites for hydroxylation is 2.